The quantitative estimate of drug-likeness (QED) is 0.803. The van der Waals surface area contributed by atoms with Gasteiger partial charge >= 0.3 is 5.97 Å². The molecule has 0 radical (unpaired) electrons. The molecule has 4 heteroatoms. The molecule has 0 heterocycles. The monoisotopic (exact) mass is 239 g/mol. The van der Waals surface area contributed by atoms with E-state index in [9.17, 15) is 9.18 Å². The van der Waals surface area contributed by atoms with Crippen molar-refractivity contribution in [3.8, 4) is 0 Å². The molecule has 94 valence electrons. The number of aryl methyl sites for hydroxylation is 1. The molecule has 17 heavy (non-hydrogen) atoms. The second-order valence-corrected chi connectivity index (χ2v) is 3.97. The molecule has 0 fully saturated rings. The average molecular weight is 239 g/mol. The molecule has 0 aliphatic heterocycles. The normalized spacial score (nSPS) is 12.0. The highest BCUT2D eigenvalue weighted by Crippen LogP contribution is 2.15. The maximum absolute atomic E-state index is 13.0. The minimum Gasteiger partial charge on any atom is -0.469 e. The standard InChI is InChI=1S/C13H18FNO2/c1-4-10(13(16)17-3)8-15-11-5-6-12(14)9(2)7-11/h5-7,10,15H,4,8H2,1-3H3. The summed E-state index contributed by atoms with van der Waals surface area (Å²) in [7, 11) is 1.38. The lowest BCUT2D eigenvalue weighted by Crippen LogP contribution is -2.23. The van der Waals surface area contributed by atoms with E-state index in [4.69, 9.17) is 4.74 Å². The van der Waals surface area contributed by atoms with Crippen molar-refractivity contribution in [3.63, 3.8) is 0 Å². The summed E-state index contributed by atoms with van der Waals surface area (Å²) in [6.45, 7) is 4.13. The molecule has 0 spiro atoms. The molecule has 1 atom stereocenters. The van der Waals surface area contributed by atoms with Crippen LogP contribution in [-0.2, 0) is 9.53 Å². The number of anilines is 1. The van der Waals surface area contributed by atoms with E-state index in [1.54, 1.807) is 19.1 Å². The van der Waals surface area contributed by atoms with E-state index in [1.165, 1.54) is 13.2 Å². The third-order valence-electron chi connectivity index (χ3n) is 2.74. The van der Waals surface area contributed by atoms with Crippen molar-refractivity contribution < 1.29 is 13.9 Å². The van der Waals surface area contributed by atoms with E-state index < -0.39 is 0 Å². The molecule has 0 amide bonds. The third kappa shape index (κ3) is 3.73. The van der Waals surface area contributed by atoms with E-state index in [2.05, 4.69) is 5.32 Å². The Morgan fingerprint density at radius 2 is 2.24 bits per heavy atom. The van der Waals surface area contributed by atoms with Gasteiger partial charge in [-0.2, -0.15) is 0 Å². The Hall–Kier alpha value is -1.58. The zero-order valence-corrected chi connectivity index (χ0v) is 10.4. The van der Waals surface area contributed by atoms with E-state index in [1.807, 2.05) is 6.92 Å². The van der Waals surface area contributed by atoms with Gasteiger partial charge in [0.25, 0.3) is 0 Å². The van der Waals surface area contributed by atoms with Gasteiger partial charge < -0.3 is 10.1 Å². The van der Waals surface area contributed by atoms with Gasteiger partial charge in [-0.25, -0.2) is 4.39 Å². The fourth-order valence-electron chi connectivity index (χ4n) is 1.56. The molecule has 1 N–H and O–H groups in total. The minimum absolute atomic E-state index is 0.176. The number of benzene rings is 1. The number of methoxy groups -OCH3 is 1. The van der Waals surface area contributed by atoms with E-state index in [0.29, 0.717) is 18.5 Å². The lowest BCUT2D eigenvalue weighted by atomic mass is 10.1. The Labute approximate surface area is 101 Å². The number of halogens is 1. The first-order valence-corrected chi connectivity index (χ1v) is 5.66. The van der Waals surface area contributed by atoms with E-state index in [0.717, 1.165) is 5.69 Å². The largest absolute Gasteiger partial charge is 0.469 e. The summed E-state index contributed by atoms with van der Waals surface area (Å²) in [5, 5.41) is 3.11. The maximum Gasteiger partial charge on any atom is 0.310 e. The van der Waals surface area contributed by atoms with Crippen LogP contribution < -0.4 is 5.32 Å². The molecule has 1 rings (SSSR count). The molecule has 0 aliphatic carbocycles. The molecular formula is C13H18FNO2. The molecule has 0 aromatic heterocycles. The van der Waals surface area contributed by atoms with Crippen LogP contribution in [0.3, 0.4) is 0 Å². The first-order valence-electron chi connectivity index (χ1n) is 5.66. The average Bonchev–Trinajstić information content (AvgIpc) is 2.33. The third-order valence-corrected chi connectivity index (χ3v) is 2.74. The predicted octanol–water partition coefficient (Wildman–Crippen LogP) is 2.75. The molecule has 0 saturated carbocycles. The number of hydrogen-bond acceptors (Lipinski definition) is 3. The van der Waals surface area contributed by atoms with Crippen molar-refractivity contribution in [1.29, 1.82) is 0 Å². The van der Waals surface area contributed by atoms with Gasteiger partial charge in [0.1, 0.15) is 5.82 Å². The number of carbonyl (C=O) groups excluding carboxylic acids is 1. The Kier molecular flexibility index (Phi) is 4.94. The van der Waals surface area contributed by atoms with Gasteiger partial charge in [-0.3, -0.25) is 4.79 Å². The van der Waals surface area contributed by atoms with Crippen LogP contribution in [0.5, 0.6) is 0 Å². The highest BCUT2D eigenvalue weighted by molar-refractivity contribution is 5.73. The molecule has 1 aromatic rings. The van der Waals surface area contributed by atoms with Crippen molar-refractivity contribution in [1.82, 2.24) is 0 Å². The Bertz CT molecular complexity index is 393. The highest BCUT2D eigenvalue weighted by atomic mass is 19.1. The van der Waals surface area contributed by atoms with Crippen molar-refractivity contribution >= 4 is 11.7 Å². The number of esters is 1. The van der Waals surface area contributed by atoms with Crippen molar-refractivity contribution in [2.24, 2.45) is 5.92 Å². The summed E-state index contributed by atoms with van der Waals surface area (Å²) < 4.78 is 17.7. The zero-order chi connectivity index (χ0) is 12.8. The van der Waals surface area contributed by atoms with Gasteiger partial charge in [-0.1, -0.05) is 6.92 Å². The Morgan fingerprint density at radius 3 is 2.76 bits per heavy atom. The number of rotatable bonds is 5. The van der Waals surface area contributed by atoms with E-state index >= 15 is 0 Å². The Balaban J connectivity index is 2.59. The summed E-state index contributed by atoms with van der Waals surface area (Å²) in [6, 6.07) is 4.79. The number of ether oxygens (including phenoxy) is 1. The van der Waals surface area contributed by atoms with Crippen LogP contribution in [0.15, 0.2) is 18.2 Å². The van der Waals surface area contributed by atoms with Crippen molar-refractivity contribution in [3.05, 3.63) is 29.6 Å². The van der Waals surface area contributed by atoms with Gasteiger partial charge in [0, 0.05) is 12.2 Å². The zero-order valence-electron chi connectivity index (χ0n) is 10.4. The first-order chi connectivity index (χ1) is 8.08. The molecule has 0 aliphatic rings. The topological polar surface area (TPSA) is 38.3 Å². The second kappa shape index (κ2) is 6.23. The van der Waals surface area contributed by atoms with Gasteiger partial charge in [-0.05, 0) is 37.1 Å². The number of nitrogens with one attached hydrogen (secondary N) is 1. The van der Waals surface area contributed by atoms with E-state index in [-0.39, 0.29) is 17.7 Å². The smallest absolute Gasteiger partial charge is 0.310 e. The number of hydrogen-bond donors (Lipinski definition) is 1. The number of carbonyl (C=O) groups is 1. The highest BCUT2D eigenvalue weighted by Gasteiger charge is 2.16. The lowest BCUT2D eigenvalue weighted by Gasteiger charge is -2.14. The van der Waals surface area contributed by atoms with Crippen LogP contribution in [0, 0.1) is 18.7 Å². The predicted molar refractivity (Wildman–Crippen MR) is 65.4 cm³/mol. The molecule has 3 nitrogen and oxygen atoms in total. The molecule has 0 bridgehead atoms. The van der Waals surface area contributed by atoms with Gasteiger partial charge in [0.05, 0.1) is 13.0 Å². The second-order valence-electron chi connectivity index (χ2n) is 3.97. The SMILES string of the molecule is CCC(CNc1ccc(F)c(C)c1)C(=O)OC. The summed E-state index contributed by atoms with van der Waals surface area (Å²) in [5.41, 5.74) is 1.40. The molecule has 1 unspecified atom stereocenters. The van der Waals surface area contributed by atoms with Crippen molar-refractivity contribution in [2.45, 2.75) is 20.3 Å². The maximum atomic E-state index is 13.0. The van der Waals surface area contributed by atoms with Crippen LogP contribution in [0.2, 0.25) is 0 Å². The summed E-state index contributed by atoms with van der Waals surface area (Å²) in [6.07, 6.45) is 0.708. The molecular weight excluding hydrogens is 221 g/mol. The minimum atomic E-state index is -0.226. The Morgan fingerprint density at radius 1 is 1.53 bits per heavy atom. The summed E-state index contributed by atoms with van der Waals surface area (Å²) in [5.74, 6) is -0.625. The van der Waals surface area contributed by atoms with Gasteiger partial charge in [-0.15, -0.1) is 0 Å². The van der Waals surface area contributed by atoms with Crippen LogP contribution in [0.1, 0.15) is 18.9 Å². The van der Waals surface area contributed by atoms with Gasteiger partial charge in [0.2, 0.25) is 0 Å². The fourth-order valence-corrected chi connectivity index (χ4v) is 1.56. The molecule has 1 aromatic carbocycles. The van der Waals surface area contributed by atoms with Crippen LogP contribution in [0.4, 0.5) is 10.1 Å². The van der Waals surface area contributed by atoms with Crippen LogP contribution in [0.25, 0.3) is 0 Å². The summed E-state index contributed by atoms with van der Waals surface area (Å²) in [4.78, 5) is 11.4. The van der Waals surface area contributed by atoms with Crippen LogP contribution in [-0.4, -0.2) is 19.6 Å². The molecule has 0 saturated heterocycles. The fraction of sp³-hybridized carbons (Fsp3) is 0.462. The van der Waals surface area contributed by atoms with Gasteiger partial charge in [0.15, 0.2) is 0 Å². The summed E-state index contributed by atoms with van der Waals surface area (Å²) >= 11 is 0. The van der Waals surface area contributed by atoms with Crippen LogP contribution >= 0.6 is 0 Å². The van der Waals surface area contributed by atoms with Crippen molar-refractivity contribution in [2.75, 3.05) is 19.0 Å². The lowest BCUT2D eigenvalue weighted by molar-refractivity contribution is -0.145. The first kappa shape index (κ1) is 13.5.